The van der Waals surface area contributed by atoms with E-state index in [1.165, 1.54) is 12.8 Å². The molecule has 1 aromatic carbocycles. The molecular formula is C22H32ClN3O4. The maximum Gasteiger partial charge on any atom is 0.243 e. The monoisotopic (exact) mass is 437 g/mol. The number of rotatable bonds is 8. The molecule has 0 spiro atoms. The van der Waals surface area contributed by atoms with Crippen LogP contribution in [-0.4, -0.2) is 48.9 Å². The van der Waals surface area contributed by atoms with Crippen LogP contribution in [0.15, 0.2) is 18.2 Å². The van der Waals surface area contributed by atoms with Gasteiger partial charge in [-0.15, -0.1) is 12.4 Å². The van der Waals surface area contributed by atoms with E-state index in [-0.39, 0.29) is 24.4 Å². The van der Waals surface area contributed by atoms with Gasteiger partial charge in [0, 0.05) is 6.42 Å². The Balaban J connectivity index is 0.00000320. The first-order valence-electron chi connectivity index (χ1n) is 10.5. The Morgan fingerprint density at radius 1 is 1.30 bits per heavy atom. The largest absolute Gasteiger partial charge is 0.493 e. The fraction of sp³-hybridized carbons (Fsp3) is 0.636. The zero-order valence-electron chi connectivity index (χ0n) is 17.6. The number of nitrogens with one attached hydrogen (secondary N) is 1. The molecule has 1 heterocycles. The lowest BCUT2D eigenvalue weighted by Gasteiger charge is -2.38. The summed E-state index contributed by atoms with van der Waals surface area (Å²) in [5, 5.41) is 18.6. The average Bonchev–Trinajstić information content (AvgIpc) is 3.27. The van der Waals surface area contributed by atoms with E-state index in [2.05, 4.69) is 11.0 Å². The summed E-state index contributed by atoms with van der Waals surface area (Å²) in [6, 6.07) is 8.48. The van der Waals surface area contributed by atoms with Crippen molar-refractivity contribution in [3.63, 3.8) is 0 Å². The van der Waals surface area contributed by atoms with Gasteiger partial charge in [0.2, 0.25) is 5.91 Å². The lowest BCUT2D eigenvalue weighted by molar-refractivity contribution is -0.129. The van der Waals surface area contributed by atoms with Crippen LogP contribution in [0.4, 0.5) is 0 Å². The number of ether oxygens (including phenoxy) is 2. The molecule has 1 aliphatic carbocycles. The second kappa shape index (κ2) is 11.4. The molecule has 0 radical (unpaired) electrons. The van der Waals surface area contributed by atoms with Gasteiger partial charge in [-0.1, -0.05) is 6.07 Å². The third-order valence-electron chi connectivity index (χ3n) is 6.24. The highest BCUT2D eigenvalue weighted by Crippen LogP contribution is 2.40. The molecule has 0 bridgehead atoms. The van der Waals surface area contributed by atoms with Gasteiger partial charge in [0.25, 0.3) is 0 Å². The van der Waals surface area contributed by atoms with Crippen molar-refractivity contribution in [2.24, 2.45) is 0 Å². The minimum atomic E-state index is -0.529. The fourth-order valence-corrected chi connectivity index (χ4v) is 4.39. The highest BCUT2D eigenvalue weighted by atomic mass is 35.5. The number of amides is 1. The van der Waals surface area contributed by atoms with E-state index in [1.54, 1.807) is 12.6 Å². The Morgan fingerprint density at radius 2 is 2.00 bits per heavy atom. The summed E-state index contributed by atoms with van der Waals surface area (Å²) >= 11 is 0. The van der Waals surface area contributed by atoms with E-state index >= 15 is 0 Å². The van der Waals surface area contributed by atoms with Gasteiger partial charge in [-0.05, 0) is 82.3 Å². The fourth-order valence-electron chi connectivity index (χ4n) is 4.39. The van der Waals surface area contributed by atoms with E-state index in [9.17, 15) is 10.1 Å². The Kier molecular flexibility index (Phi) is 9.22. The number of hydroxylamine groups is 1. The van der Waals surface area contributed by atoms with Crippen LogP contribution < -0.4 is 15.0 Å². The molecule has 1 amide bonds. The summed E-state index contributed by atoms with van der Waals surface area (Å²) in [5.74, 6) is 1.10. The second-order valence-corrected chi connectivity index (χ2v) is 8.06. The maximum absolute atomic E-state index is 11.2. The number of carbonyl (C=O) groups is 1. The van der Waals surface area contributed by atoms with Gasteiger partial charge in [-0.2, -0.15) is 5.26 Å². The molecule has 3 rings (SSSR count). The summed E-state index contributed by atoms with van der Waals surface area (Å²) in [5.41, 5.74) is 2.13. The molecule has 0 aromatic heterocycles. The topological polar surface area (TPSA) is 94.8 Å². The van der Waals surface area contributed by atoms with E-state index in [0.29, 0.717) is 18.6 Å². The van der Waals surface area contributed by atoms with Crippen molar-refractivity contribution >= 4 is 18.3 Å². The van der Waals surface area contributed by atoms with Gasteiger partial charge < -0.3 is 14.4 Å². The zero-order chi connectivity index (χ0) is 20.7. The first-order valence-corrected chi connectivity index (χ1v) is 10.5. The van der Waals surface area contributed by atoms with Crippen LogP contribution in [0.3, 0.4) is 0 Å². The van der Waals surface area contributed by atoms with Crippen LogP contribution in [0.25, 0.3) is 0 Å². The number of hydrogen-bond donors (Lipinski definition) is 2. The van der Waals surface area contributed by atoms with E-state index in [1.807, 2.05) is 18.2 Å². The number of hydrogen-bond acceptors (Lipinski definition) is 6. The van der Waals surface area contributed by atoms with Gasteiger partial charge in [-0.25, -0.2) is 5.48 Å². The van der Waals surface area contributed by atoms with Crippen molar-refractivity contribution in [3.05, 3.63) is 23.8 Å². The number of piperidine rings is 1. The Hall–Kier alpha value is -2.01. The molecule has 2 aliphatic rings. The molecule has 1 aliphatic heterocycles. The quantitative estimate of drug-likeness (QED) is 0.476. The number of halogens is 1. The van der Waals surface area contributed by atoms with E-state index < -0.39 is 5.41 Å². The van der Waals surface area contributed by atoms with Crippen LogP contribution in [0.1, 0.15) is 56.9 Å². The van der Waals surface area contributed by atoms with Crippen LogP contribution in [0.2, 0.25) is 0 Å². The molecule has 2 fully saturated rings. The summed E-state index contributed by atoms with van der Waals surface area (Å²) in [7, 11) is 1.64. The van der Waals surface area contributed by atoms with Gasteiger partial charge in [0.1, 0.15) is 0 Å². The van der Waals surface area contributed by atoms with E-state index in [0.717, 1.165) is 56.6 Å². The van der Waals surface area contributed by atoms with Gasteiger partial charge in [0.05, 0.1) is 24.7 Å². The zero-order valence-corrected chi connectivity index (χ0v) is 18.4. The standard InChI is InChI=1S/C22H31N3O4.ClH/c1-28-19-9-8-17(15-20(19)29-18-5-2-3-6-18)22(16-23)10-13-25(14-11-22)12-4-7-21(26)24-27;/h8-9,15,18,27H,2-7,10-14H2,1H3,(H,24,26);1H. The SMILES string of the molecule is COc1ccc(C2(C#N)CCN(CCCC(=O)NO)CC2)cc1OC1CCCC1.Cl. The number of carbonyl (C=O) groups excluding carboxylic acids is 1. The summed E-state index contributed by atoms with van der Waals surface area (Å²) < 4.78 is 11.7. The Labute approximate surface area is 184 Å². The first-order chi connectivity index (χ1) is 14.1. The highest BCUT2D eigenvalue weighted by molar-refractivity contribution is 5.85. The molecule has 7 nitrogen and oxygen atoms in total. The smallest absolute Gasteiger partial charge is 0.243 e. The molecule has 2 N–H and O–H groups in total. The number of benzene rings is 1. The summed E-state index contributed by atoms with van der Waals surface area (Å²) in [6.07, 6.45) is 7.24. The molecule has 166 valence electrons. The van der Waals surface area contributed by atoms with Crippen LogP contribution >= 0.6 is 12.4 Å². The van der Waals surface area contributed by atoms with Crippen molar-refractivity contribution in [2.45, 2.75) is 62.9 Å². The lowest BCUT2D eigenvalue weighted by atomic mass is 9.74. The lowest BCUT2D eigenvalue weighted by Crippen LogP contribution is -2.42. The molecule has 1 aromatic rings. The first kappa shape index (κ1) is 24.3. The van der Waals surface area contributed by atoms with Crippen molar-refractivity contribution in [3.8, 4) is 17.6 Å². The van der Waals surface area contributed by atoms with Crippen LogP contribution in [-0.2, 0) is 10.2 Å². The molecule has 30 heavy (non-hydrogen) atoms. The van der Waals surface area contributed by atoms with E-state index in [4.69, 9.17) is 14.7 Å². The predicted molar refractivity (Wildman–Crippen MR) is 115 cm³/mol. The number of nitriles is 1. The molecule has 8 heteroatoms. The average molecular weight is 438 g/mol. The molecule has 1 saturated heterocycles. The summed E-state index contributed by atoms with van der Waals surface area (Å²) in [4.78, 5) is 13.4. The van der Waals surface area contributed by atoms with Gasteiger partial charge in [-0.3, -0.25) is 10.0 Å². The molecule has 0 atom stereocenters. The Bertz CT molecular complexity index is 738. The van der Waals surface area contributed by atoms with Gasteiger partial charge in [0.15, 0.2) is 11.5 Å². The van der Waals surface area contributed by atoms with Gasteiger partial charge >= 0.3 is 0 Å². The summed E-state index contributed by atoms with van der Waals surface area (Å²) in [6.45, 7) is 2.39. The normalized spacial score (nSPS) is 18.8. The molecular weight excluding hydrogens is 406 g/mol. The van der Waals surface area contributed by atoms with Crippen LogP contribution in [0, 0.1) is 11.3 Å². The third-order valence-corrected chi connectivity index (χ3v) is 6.24. The number of likely N-dealkylation sites (tertiary alicyclic amines) is 1. The second-order valence-electron chi connectivity index (χ2n) is 8.06. The Morgan fingerprint density at radius 3 is 2.60 bits per heavy atom. The predicted octanol–water partition coefficient (Wildman–Crippen LogP) is 3.58. The van der Waals surface area contributed by atoms with Crippen molar-refractivity contribution in [1.82, 2.24) is 10.4 Å². The molecule has 0 unspecified atom stereocenters. The number of methoxy groups -OCH3 is 1. The number of nitrogens with zero attached hydrogens (tertiary/aromatic N) is 2. The van der Waals surface area contributed by atoms with Crippen molar-refractivity contribution in [2.75, 3.05) is 26.7 Å². The van der Waals surface area contributed by atoms with Crippen molar-refractivity contribution < 1.29 is 19.5 Å². The third kappa shape index (κ3) is 5.78. The maximum atomic E-state index is 11.2. The minimum absolute atomic E-state index is 0. The highest BCUT2D eigenvalue weighted by Gasteiger charge is 2.37. The van der Waals surface area contributed by atoms with Crippen LogP contribution in [0.5, 0.6) is 11.5 Å². The minimum Gasteiger partial charge on any atom is -0.493 e. The van der Waals surface area contributed by atoms with Crippen molar-refractivity contribution in [1.29, 1.82) is 5.26 Å². The molecule has 1 saturated carbocycles.